The number of hydrogen-bond acceptors (Lipinski definition) is 6. The first-order valence-electron chi connectivity index (χ1n) is 8.65. The van der Waals surface area contributed by atoms with E-state index in [1.54, 1.807) is 30.0 Å². The summed E-state index contributed by atoms with van der Waals surface area (Å²) in [5.41, 5.74) is 1.54. The van der Waals surface area contributed by atoms with Crippen LogP contribution in [0.3, 0.4) is 0 Å². The molecule has 7 heteroatoms. The molecule has 1 aliphatic heterocycles. The second-order valence-corrected chi connectivity index (χ2v) is 7.11. The molecule has 0 unspecified atom stereocenters. The minimum atomic E-state index is -0.573. The van der Waals surface area contributed by atoms with Gasteiger partial charge < -0.3 is 19.5 Å². The molecule has 0 radical (unpaired) electrons. The van der Waals surface area contributed by atoms with E-state index in [1.807, 2.05) is 6.92 Å². The molecule has 1 heterocycles. The Balaban J connectivity index is 1.37. The third kappa shape index (κ3) is 5.65. The molecule has 142 valence electrons. The zero-order valence-electron chi connectivity index (χ0n) is 15.0. The smallest absolute Gasteiger partial charge is 0.338 e. The molecule has 2 aromatic rings. The zero-order valence-corrected chi connectivity index (χ0v) is 15.8. The summed E-state index contributed by atoms with van der Waals surface area (Å²) in [5, 5.41) is 2.74. The van der Waals surface area contributed by atoms with E-state index in [9.17, 15) is 9.59 Å². The second-order valence-electron chi connectivity index (χ2n) is 5.95. The van der Waals surface area contributed by atoms with Crippen LogP contribution in [0.1, 0.15) is 15.9 Å². The van der Waals surface area contributed by atoms with Gasteiger partial charge in [-0.2, -0.15) is 0 Å². The van der Waals surface area contributed by atoms with Crippen molar-refractivity contribution in [1.82, 2.24) is 5.32 Å². The van der Waals surface area contributed by atoms with Crippen LogP contribution in [0.4, 0.5) is 0 Å². The molecule has 0 saturated heterocycles. The summed E-state index contributed by atoms with van der Waals surface area (Å²) >= 11 is 1.66. The summed E-state index contributed by atoms with van der Waals surface area (Å²) in [7, 11) is 0. The van der Waals surface area contributed by atoms with Crippen molar-refractivity contribution in [1.29, 1.82) is 0 Å². The fraction of sp³-hybridized carbons (Fsp3) is 0.300. The number of aryl methyl sites for hydroxylation is 1. The molecule has 6 nitrogen and oxygen atoms in total. The molecule has 0 fully saturated rings. The number of rotatable bonds is 7. The number of carbonyl (C=O) groups excluding carboxylic acids is 2. The molecule has 0 aliphatic carbocycles. The van der Waals surface area contributed by atoms with Crippen LogP contribution in [0.15, 0.2) is 47.4 Å². The van der Waals surface area contributed by atoms with Crippen molar-refractivity contribution in [3.8, 4) is 11.5 Å². The van der Waals surface area contributed by atoms with Gasteiger partial charge in [0.05, 0.1) is 5.56 Å². The summed E-state index contributed by atoms with van der Waals surface area (Å²) in [6.45, 7) is 3.15. The largest absolute Gasteiger partial charge is 0.486 e. The second kappa shape index (κ2) is 9.32. The van der Waals surface area contributed by atoms with Crippen molar-refractivity contribution >= 4 is 23.6 Å². The minimum absolute atomic E-state index is 0.317. The van der Waals surface area contributed by atoms with Crippen LogP contribution in [0, 0.1) is 6.92 Å². The summed E-state index contributed by atoms with van der Waals surface area (Å²) in [6, 6.07) is 13.0. The molecule has 2 aromatic carbocycles. The average molecular weight is 387 g/mol. The number of carbonyl (C=O) groups is 2. The molecule has 1 aliphatic rings. The predicted octanol–water partition coefficient (Wildman–Crippen LogP) is 2.83. The minimum Gasteiger partial charge on any atom is -0.486 e. The van der Waals surface area contributed by atoms with E-state index in [0.717, 1.165) is 10.6 Å². The molecule has 0 spiro atoms. The lowest BCUT2D eigenvalue weighted by Crippen LogP contribution is -2.30. The number of benzene rings is 2. The Labute approximate surface area is 162 Å². The fourth-order valence-corrected chi connectivity index (χ4v) is 3.20. The van der Waals surface area contributed by atoms with Crippen LogP contribution in [0.5, 0.6) is 11.5 Å². The first kappa shape index (κ1) is 19.1. The highest BCUT2D eigenvalue weighted by atomic mass is 32.2. The molecule has 1 amide bonds. The van der Waals surface area contributed by atoms with Crippen LogP contribution in [-0.2, 0) is 9.53 Å². The van der Waals surface area contributed by atoms with Gasteiger partial charge in [-0.1, -0.05) is 17.7 Å². The standard InChI is InChI=1S/C20H21NO5S/c1-14-2-5-16(6-3-14)27-11-8-21-19(22)13-26-20(23)15-4-7-17-18(12-15)25-10-9-24-17/h2-7,12H,8-11,13H2,1H3,(H,21,22). The van der Waals surface area contributed by atoms with Gasteiger partial charge in [0.25, 0.3) is 5.91 Å². The third-order valence-electron chi connectivity index (χ3n) is 3.83. The Kier molecular flexibility index (Phi) is 6.59. The van der Waals surface area contributed by atoms with E-state index < -0.39 is 5.97 Å². The highest BCUT2D eigenvalue weighted by Crippen LogP contribution is 2.30. The van der Waals surface area contributed by atoms with Gasteiger partial charge in [0, 0.05) is 17.2 Å². The maximum absolute atomic E-state index is 12.1. The summed E-state index contributed by atoms with van der Waals surface area (Å²) in [6.07, 6.45) is 0. The summed E-state index contributed by atoms with van der Waals surface area (Å²) in [5.74, 6) is 0.946. The van der Waals surface area contributed by atoms with Crippen LogP contribution in [-0.4, -0.2) is 44.0 Å². The Morgan fingerprint density at radius 2 is 1.81 bits per heavy atom. The number of thioether (sulfide) groups is 1. The SMILES string of the molecule is Cc1ccc(SCCNC(=O)COC(=O)c2ccc3c(c2)OCCO3)cc1. The molecule has 27 heavy (non-hydrogen) atoms. The Morgan fingerprint density at radius 1 is 1.07 bits per heavy atom. The Hall–Kier alpha value is -2.67. The Morgan fingerprint density at radius 3 is 2.59 bits per heavy atom. The topological polar surface area (TPSA) is 73.9 Å². The zero-order chi connectivity index (χ0) is 19.1. The predicted molar refractivity (Wildman–Crippen MR) is 103 cm³/mol. The first-order chi connectivity index (χ1) is 13.1. The Bertz CT molecular complexity index is 807. The molecule has 0 aromatic heterocycles. The summed E-state index contributed by atoms with van der Waals surface area (Å²) in [4.78, 5) is 25.1. The summed E-state index contributed by atoms with van der Waals surface area (Å²) < 4.78 is 15.9. The third-order valence-corrected chi connectivity index (χ3v) is 4.84. The molecule has 0 atom stereocenters. The van der Waals surface area contributed by atoms with Crippen molar-refractivity contribution in [2.75, 3.05) is 32.1 Å². The van der Waals surface area contributed by atoms with Gasteiger partial charge in [0.15, 0.2) is 18.1 Å². The highest BCUT2D eigenvalue weighted by molar-refractivity contribution is 7.99. The molecular formula is C20H21NO5S. The first-order valence-corrected chi connectivity index (χ1v) is 9.63. The van der Waals surface area contributed by atoms with Gasteiger partial charge in [-0.05, 0) is 37.3 Å². The monoisotopic (exact) mass is 387 g/mol. The number of esters is 1. The van der Waals surface area contributed by atoms with Crippen LogP contribution in [0.25, 0.3) is 0 Å². The number of amides is 1. The average Bonchev–Trinajstić information content (AvgIpc) is 2.70. The number of hydrogen-bond donors (Lipinski definition) is 1. The van der Waals surface area contributed by atoms with E-state index in [0.29, 0.717) is 36.8 Å². The van der Waals surface area contributed by atoms with E-state index in [-0.39, 0.29) is 12.5 Å². The molecule has 1 N–H and O–H groups in total. The maximum atomic E-state index is 12.1. The lowest BCUT2D eigenvalue weighted by Gasteiger charge is -2.18. The number of fused-ring (bicyclic) bond motifs is 1. The van der Waals surface area contributed by atoms with Crippen LogP contribution in [0.2, 0.25) is 0 Å². The molecule has 3 rings (SSSR count). The van der Waals surface area contributed by atoms with E-state index in [2.05, 4.69) is 29.6 Å². The van der Waals surface area contributed by atoms with Crippen molar-refractivity contribution in [3.63, 3.8) is 0 Å². The van der Waals surface area contributed by atoms with Gasteiger partial charge >= 0.3 is 5.97 Å². The van der Waals surface area contributed by atoms with Gasteiger partial charge in [-0.3, -0.25) is 4.79 Å². The normalized spacial score (nSPS) is 12.3. The lowest BCUT2D eigenvalue weighted by atomic mass is 10.2. The van der Waals surface area contributed by atoms with E-state index >= 15 is 0 Å². The van der Waals surface area contributed by atoms with E-state index in [1.165, 1.54) is 5.56 Å². The van der Waals surface area contributed by atoms with Crippen molar-refractivity contribution in [2.45, 2.75) is 11.8 Å². The number of nitrogens with one attached hydrogen (secondary N) is 1. The molecular weight excluding hydrogens is 366 g/mol. The maximum Gasteiger partial charge on any atom is 0.338 e. The van der Waals surface area contributed by atoms with Gasteiger partial charge in [0.1, 0.15) is 13.2 Å². The van der Waals surface area contributed by atoms with E-state index in [4.69, 9.17) is 14.2 Å². The van der Waals surface area contributed by atoms with Gasteiger partial charge in [-0.25, -0.2) is 4.79 Å². The van der Waals surface area contributed by atoms with Crippen LogP contribution < -0.4 is 14.8 Å². The van der Waals surface area contributed by atoms with Gasteiger partial charge in [-0.15, -0.1) is 11.8 Å². The fourth-order valence-electron chi connectivity index (χ4n) is 2.43. The highest BCUT2D eigenvalue weighted by Gasteiger charge is 2.16. The van der Waals surface area contributed by atoms with Crippen molar-refractivity contribution in [2.24, 2.45) is 0 Å². The molecule has 0 bridgehead atoms. The quantitative estimate of drug-likeness (QED) is 0.447. The van der Waals surface area contributed by atoms with Crippen molar-refractivity contribution < 1.29 is 23.8 Å². The number of ether oxygens (including phenoxy) is 3. The van der Waals surface area contributed by atoms with Crippen molar-refractivity contribution in [3.05, 3.63) is 53.6 Å². The lowest BCUT2D eigenvalue weighted by molar-refractivity contribution is -0.124. The van der Waals surface area contributed by atoms with Crippen LogP contribution >= 0.6 is 11.8 Å². The van der Waals surface area contributed by atoms with Gasteiger partial charge in [0.2, 0.25) is 0 Å². The molecule has 0 saturated carbocycles.